The van der Waals surface area contributed by atoms with E-state index in [-0.39, 0.29) is 12.1 Å². The zero-order valence-electron chi connectivity index (χ0n) is 11.6. The van der Waals surface area contributed by atoms with Gasteiger partial charge in [-0.3, -0.25) is 9.58 Å². The summed E-state index contributed by atoms with van der Waals surface area (Å²) in [5.74, 6) is 0. The molecule has 1 aromatic rings. The average Bonchev–Trinajstić information content (AvgIpc) is 2.62. The van der Waals surface area contributed by atoms with Gasteiger partial charge in [-0.1, -0.05) is 0 Å². The van der Waals surface area contributed by atoms with E-state index >= 15 is 0 Å². The van der Waals surface area contributed by atoms with Gasteiger partial charge in [-0.05, 0) is 39.7 Å². The molecule has 18 heavy (non-hydrogen) atoms. The molecule has 2 atom stereocenters. The molecule has 5 heteroatoms. The first-order valence-corrected chi connectivity index (χ1v) is 6.61. The van der Waals surface area contributed by atoms with E-state index in [1.54, 1.807) is 4.68 Å². The fourth-order valence-electron chi connectivity index (χ4n) is 2.64. The zero-order valence-corrected chi connectivity index (χ0v) is 11.6. The Balaban J connectivity index is 1.99. The molecule has 1 aromatic heterocycles. The van der Waals surface area contributed by atoms with Gasteiger partial charge in [0, 0.05) is 32.3 Å². The summed E-state index contributed by atoms with van der Waals surface area (Å²) in [7, 11) is 6.13. The molecule has 0 aromatic carbocycles. The summed E-state index contributed by atoms with van der Waals surface area (Å²) in [4.78, 5) is 4.58. The minimum absolute atomic E-state index is 0.194. The minimum atomic E-state index is -0.356. The SMILES string of the molecule is CN1CCCN(C)C(C(O)Cc2ccn(C)n2)C1. The van der Waals surface area contributed by atoms with E-state index in [1.807, 2.05) is 19.3 Å². The maximum Gasteiger partial charge on any atom is 0.0763 e. The van der Waals surface area contributed by atoms with Gasteiger partial charge < -0.3 is 10.0 Å². The number of hydrogen-bond donors (Lipinski definition) is 1. The van der Waals surface area contributed by atoms with Crippen LogP contribution in [0.4, 0.5) is 0 Å². The van der Waals surface area contributed by atoms with Gasteiger partial charge in [-0.15, -0.1) is 0 Å². The van der Waals surface area contributed by atoms with Crippen LogP contribution in [0.3, 0.4) is 0 Å². The van der Waals surface area contributed by atoms with Crippen LogP contribution in [0.2, 0.25) is 0 Å². The van der Waals surface area contributed by atoms with E-state index in [0.717, 1.165) is 25.3 Å². The molecule has 1 fully saturated rings. The van der Waals surface area contributed by atoms with Crippen molar-refractivity contribution >= 4 is 0 Å². The third-order valence-electron chi connectivity index (χ3n) is 3.75. The number of aromatic nitrogens is 2. The molecule has 0 amide bonds. The molecule has 1 aliphatic heterocycles. The highest BCUT2D eigenvalue weighted by Crippen LogP contribution is 2.13. The Labute approximate surface area is 109 Å². The summed E-state index contributed by atoms with van der Waals surface area (Å²) in [6.07, 6.45) is 3.36. The number of hydrogen-bond acceptors (Lipinski definition) is 4. The van der Waals surface area contributed by atoms with E-state index in [2.05, 4.69) is 29.0 Å². The van der Waals surface area contributed by atoms with Gasteiger partial charge in [-0.2, -0.15) is 5.10 Å². The highest BCUT2D eigenvalue weighted by atomic mass is 16.3. The van der Waals surface area contributed by atoms with Crippen molar-refractivity contribution in [2.24, 2.45) is 7.05 Å². The summed E-state index contributed by atoms with van der Waals surface area (Å²) in [6.45, 7) is 3.08. The maximum atomic E-state index is 10.4. The van der Waals surface area contributed by atoms with Gasteiger partial charge in [0.05, 0.1) is 11.8 Å². The van der Waals surface area contributed by atoms with Crippen molar-refractivity contribution in [3.05, 3.63) is 18.0 Å². The second-order valence-electron chi connectivity index (χ2n) is 5.42. The molecule has 2 rings (SSSR count). The predicted molar refractivity (Wildman–Crippen MR) is 71.5 cm³/mol. The number of nitrogens with zero attached hydrogens (tertiary/aromatic N) is 4. The molecule has 1 aliphatic rings. The highest BCUT2D eigenvalue weighted by molar-refractivity contribution is 5.02. The lowest BCUT2D eigenvalue weighted by atomic mass is 10.0. The molecule has 5 nitrogen and oxygen atoms in total. The van der Waals surface area contributed by atoms with Crippen LogP contribution in [0.25, 0.3) is 0 Å². The van der Waals surface area contributed by atoms with Crippen LogP contribution in [-0.2, 0) is 13.5 Å². The van der Waals surface area contributed by atoms with Crippen LogP contribution < -0.4 is 0 Å². The molecule has 0 spiro atoms. The van der Waals surface area contributed by atoms with Gasteiger partial charge >= 0.3 is 0 Å². The van der Waals surface area contributed by atoms with E-state index in [0.29, 0.717) is 6.42 Å². The van der Waals surface area contributed by atoms with Crippen LogP contribution in [0.5, 0.6) is 0 Å². The van der Waals surface area contributed by atoms with Crippen LogP contribution >= 0.6 is 0 Å². The summed E-state index contributed by atoms with van der Waals surface area (Å²) < 4.78 is 1.78. The third-order valence-corrected chi connectivity index (χ3v) is 3.75. The van der Waals surface area contributed by atoms with Crippen molar-refractivity contribution < 1.29 is 5.11 Å². The Hall–Kier alpha value is -0.910. The lowest BCUT2D eigenvalue weighted by molar-refractivity contribution is 0.0574. The molecule has 1 saturated heterocycles. The molecular weight excluding hydrogens is 228 g/mol. The predicted octanol–water partition coefficient (Wildman–Crippen LogP) is -0.0406. The second kappa shape index (κ2) is 5.82. The monoisotopic (exact) mass is 252 g/mol. The number of aliphatic hydroxyl groups is 1. The molecule has 0 bridgehead atoms. The van der Waals surface area contributed by atoms with Crippen LogP contribution in [-0.4, -0.2) is 70.6 Å². The van der Waals surface area contributed by atoms with E-state index < -0.39 is 0 Å². The second-order valence-corrected chi connectivity index (χ2v) is 5.42. The van der Waals surface area contributed by atoms with Crippen molar-refractivity contribution in [3.63, 3.8) is 0 Å². The molecule has 102 valence electrons. The number of aliphatic hydroxyl groups excluding tert-OH is 1. The number of likely N-dealkylation sites (N-methyl/N-ethyl adjacent to an activating group) is 2. The molecule has 0 radical (unpaired) electrons. The van der Waals surface area contributed by atoms with Crippen molar-refractivity contribution in [1.29, 1.82) is 0 Å². The maximum absolute atomic E-state index is 10.4. The van der Waals surface area contributed by atoms with Crippen LogP contribution in [0.15, 0.2) is 12.3 Å². The summed E-state index contributed by atoms with van der Waals surface area (Å²) in [6, 6.07) is 2.17. The molecule has 1 N–H and O–H groups in total. The number of aryl methyl sites for hydroxylation is 1. The Kier molecular flexibility index (Phi) is 4.37. The Morgan fingerprint density at radius 3 is 2.83 bits per heavy atom. The Morgan fingerprint density at radius 1 is 1.39 bits per heavy atom. The summed E-state index contributed by atoms with van der Waals surface area (Å²) in [5.41, 5.74) is 0.963. The standard InChI is InChI=1S/C13H24N4O/c1-15-6-4-7-16(2)12(10-15)13(18)9-11-5-8-17(3)14-11/h5,8,12-13,18H,4,6-7,9-10H2,1-3H3. The van der Waals surface area contributed by atoms with Crippen LogP contribution in [0, 0.1) is 0 Å². The summed E-state index contributed by atoms with van der Waals surface area (Å²) in [5, 5.41) is 14.8. The van der Waals surface area contributed by atoms with Gasteiger partial charge in [-0.25, -0.2) is 0 Å². The average molecular weight is 252 g/mol. The van der Waals surface area contributed by atoms with Gasteiger partial charge in [0.25, 0.3) is 0 Å². The largest absolute Gasteiger partial charge is 0.391 e. The fraction of sp³-hybridized carbons (Fsp3) is 0.769. The van der Waals surface area contributed by atoms with Gasteiger partial charge in [0.2, 0.25) is 0 Å². The first-order chi connectivity index (χ1) is 8.56. The fourth-order valence-corrected chi connectivity index (χ4v) is 2.64. The van der Waals surface area contributed by atoms with Crippen molar-refractivity contribution in [2.75, 3.05) is 33.7 Å². The smallest absolute Gasteiger partial charge is 0.0763 e. The molecule has 0 saturated carbocycles. The van der Waals surface area contributed by atoms with Crippen molar-refractivity contribution in [2.45, 2.75) is 25.0 Å². The molecule has 0 aliphatic carbocycles. The lowest BCUT2D eigenvalue weighted by Gasteiger charge is -2.31. The normalized spacial score (nSPS) is 25.0. The Bertz CT molecular complexity index is 379. The first kappa shape index (κ1) is 13.5. The van der Waals surface area contributed by atoms with Crippen molar-refractivity contribution in [1.82, 2.24) is 19.6 Å². The molecule has 2 unspecified atom stereocenters. The third kappa shape index (κ3) is 3.31. The zero-order chi connectivity index (χ0) is 13.1. The molecule has 2 heterocycles. The van der Waals surface area contributed by atoms with E-state index in [9.17, 15) is 5.11 Å². The number of rotatable bonds is 3. The minimum Gasteiger partial charge on any atom is -0.391 e. The van der Waals surface area contributed by atoms with Gasteiger partial charge in [0.15, 0.2) is 0 Å². The van der Waals surface area contributed by atoms with Gasteiger partial charge in [0.1, 0.15) is 0 Å². The summed E-state index contributed by atoms with van der Waals surface area (Å²) >= 11 is 0. The first-order valence-electron chi connectivity index (χ1n) is 6.61. The van der Waals surface area contributed by atoms with E-state index in [4.69, 9.17) is 0 Å². The van der Waals surface area contributed by atoms with Crippen molar-refractivity contribution in [3.8, 4) is 0 Å². The van der Waals surface area contributed by atoms with E-state index in [1.165, 1.54) is 6.42 Å². The highest BCUT2D eigenvalue weighted by Gasteiger charge is 2.27. The van der Waals surface area contributed by atoms with Crippen LogP contribution in [0.1, 0.15) is 12.1 Å². The molecular formula is C13H24N4O. The topological polar surface area (TPSA) is 44.5 Å². The quantitative estimate of drug-likeness (QED) is 0.820. The Morgan fingerprint density at radius 2 is 2.17 bits per heavy atom. The lowest BCUT2D eigenvalue weighted by Crippen LogP contribution is -2.47.